The number of nitrogens with zero attached hydrogens (tertiary/aromatic N) is 1. The van der Waals surface area contributed by atoms with Crippen LogP contribution in [0.2, 0.25) is 0 Å². The minimum atomic E-state index is 0.294. The fourth-order valence-corrected chi connectivity index (χ4v) is 2.21. The number of rotatable bonds is 7. The van der Waals surface area contributed by atoms with Gasteiger partial charge in [0.2, 0.25) is 0 Å². The SMILES string of the molecule is CN(C)CCOCCNC1COCc2ccccc21. The highest BCUT2D eigenvalue weighted by atomic mass is 16.5. The average Bonchev–Trinajstić information content (AvgIpc) is 2.42. The zero-order valence-corrected chi connectivity index (χ0v) is 11.9. The van der Waals surface area contributed by atoms with Gasteiger partial charge in [-0.2, -0.15) is 0 Å². The first-order valence-corrected chi connectivity index (χ1v) is 6.89. The lowest BCUT2D eigenvalue weighted by Gasteiger charge is -2.26. The van der Waals surface area contributed by atoms with E-state index in [1.165, 1.54) is 11.1 Å². The van der Waals surface area contributed by atoms with Gasteiger partial charge in [-0.3, -0.25) is 0 Å². The third-order valence-electron chi connectivity index (χ3n) is 3.29. The van der Waals surface area contributed by atoms with Crippen molar-refractivity contribution in [3.8, 4) is 0 Å². The molecule has 4 heteroatoms. The molecule has 19 heavy (non-hydrogen) atoms. The number of fused-ring (bicyclic) bond motifs is 1. The van der Waals surface area contributed by atoms with E-state index >= 15 is 0 Å². The van der Waals surface area contributed by atoms with Crippen molar-refractivity contribution in [2.24, 2.45) is 0 Å². The Hall–Kier alpha value is -0.940. The van der Waals surface area contributed by atoms with Gasteiger partial charge in [0.05, 0.1) is 32.5 Å². The minimum absolute atomic E-state index is 0.294. The first-order valence-electron chi connectivity index (χ1n) is 6.89. The van der Waals surface area contributed by atoms with Gasteiger partial charge >= 0.3 is 0 Å². The maximum atomic E-state index is 5.61. The van der Waals surface area contributed by atoms with Crippen molar-refractivity contribution < 1.29 is 9.47 Å². The normalized spacial score (nSPS) is 18.6. The molecule has 1 aliphatic rings. The highest BCUT2D eigenvalue weighted by Crippen LogP contribution is 2.23. The monoisotopic (exact) mass is 264 g/mol. The Bertz CT molecular complexity index is 382. The van der Waals surface area contributed by atoms with Gasteiger partial charge in [0.25, 0.3) is 0 Å². The number of hydrogen-bond acceptors (Lipinski definition) is 4. The second-order valence-electron chi connectivity index (χ2n) is 5.14. The van der Waals surface area contributed by atoms with Crippen molar-refractivity contribution in [2.75, 3.05) is 47.0 Å². The molecule has 1 aromatic rings. The lowest BCUT2D eigenvalue weighted by molar-refractivity contribution is 0.0745. The van der Waals surface area contributed by atoms with E-state index in [9.17, 15) is 0 Å². The molecule has 1 atom stereocenters. The van der Waals surface area contributed by atoms with E-state index in [1.807, 2.05) is 0 Å². The van der Waals surface area contributed by atoms with Crippen molar-refractivity contribution in [3.05, 3.63) is 35.4 Å². The molecule has 0 spiro atoms. The summed E-state index contributed by atoms with van der Waals surface area (Å²) in [5.74, 6) is 0. The van der Waals surface area contributed by atoms with Crippen LogP contribution < -0.4 is 5.32 Å². The summed E-state index contributed by atoms with van der Waals surface area (Å²) in [5, 5.41) is 3.50. The van der Waals surface area contributed by atoms with Crippen LogP contribution in [0.3, 0.4) is 0 Å². The molecule has 1 heterocycles. The van der Waals surface area contributed by atoms with Gasteiger partial charge < -0.3 is 19.7 Å². The van der Waals surface area contributed by atoms with Gasteiger partial charge in [-0.25, -0.2) is 0 Å². The van der Waals surface area contributed by atoms with Gasteiger partial charge in [-0.05, 0) is 25.2 Å². The summed E-state index contributed by atoms with van der Waals surface area (Å²) in [6, 6.07) is 8.77. The lowest BCUT2D eigenvalue weighted by atomic mass is 9.99. The smallest absolute Gasteiger partial charge is 0.0721 e. The van der Waals surface area contributed by atoms with Gasteiger partial charge in [0, 0.05) is 13.1 Å². The number of ether oxygens (including phenoxy) is 2. The standard InChI is InChI=1S/C15H24N2O2/c1-17(2)8-10-18-9-7-16-15-12-19-11-13-5-3-4-6-14(13)15/h3-6,15-16H,7-12H2,1-2H3. The quantitative estimate of drug-likeness (QED) is 0.755. The van der Waals surface area contributed by atoms with Crippen LogP contribution in [0.4, 0.5) is 0 Å². The molecule has 0 saturated heterocycles. The predicted molar refractivity (Wildman–Crippen MR) is 76.2 cm³/mol. The fourth-order valence-electron chi connectivity index (χ4n) is 2.21. The maximum absolute atomic E-state index is 5.61. The molecule has 0 saturated carbocycles. The molecule has 1 aliphatic heterocycles. The van der Waals surface area contributed by atoms with Crippen LogP contribution in [0.15, 0.2) is 24.3 Å². The van der Waals surface area contributed by atoms with Crippen LogP contribution >= 0.6 is 0 Å². The average molecular weight is 264 g/mol. The molecule has 1 N–H and O–H groups in total. The van der Waals surface area contributed by atoms with Crippen LogP contribution in [-0.2, 0) is 16.1 Å². The number of hydrogen-bond donors (Lipinski definition) is 1. The molecule has 106 valence electrons. The molecule has 0 amide bonds. The Kier molecular flexibility index (Phi) is 5.79. The first kappa shape index (κ1) is 14.5. The van der Waals surface area contributed by atoms with Crippen molar-refractivity contribution in [3.63, 3.8) is 0 Å². The highest BCUT2D eigenvalue weighted by Gasteiger charge is 2.19. The van der Waals surface area contributed by atoms with Crippen LogP contribution in [-0.4, -0.2) is 51.9 Å². The van der Waals surface area contributed by atoms with Gasteiger partial charge in [0.1, 0.15) is 0 Å². The molecule has 4 nitrogen and oxygen atoms in total. The second-order valence-corrected chi connectivity index (χ2v) is 5.14. The number of benzene rings is 1. The fraction of sp³-hybridized carbons (Fsp3) is 0.600. The summed E-state index contributed by atoms with van der Waals surface area (Å²) in [6.45, 7) is 4.83. The van der Waals surface area contributed by atoms with E-state index in [2.05, 4.69) is 48.6 Å². The molecule has 0 aromatic heterocycles. The maximum Gasteiger partial charge on any atom is 0.0721 e. The summed E-state index contributed by atoms with van der Waals surface area (Å²) in [4.78, 5) is 2.12. The van der Waals surface area contributed by atoms with Crippen LogP contribution in [0.5, 0.6) is 0 Å². The Balaban J connectivity index is 1.70. The van der Waals surface area contributed by atoms with Crippen molar-refractivity contribution in [1.82, 2.24) is 10.2 Å². The molecular formula is C15H24N2O2. The van der Waals surface area contributed by atoms with E-state index in [0.717, 1.165) is 39.5 Å². The zero-order valence-electron chi connectivity index (χ0n) is 11.9. The van der Waals surface area contributed by atoms with Crippen LogP contribution in [0.1, 0.15) is 17.2 Å². The van der Waals surface area contributed by atoms with Gasteiger partial charge in [-0.15, -0.1) is 0 Å². The molecule has 0 aliphatic carbocycles. The summed E-state index contributed by atoms with van der Waals surface area (Å²) >= 11 is 0. The first-order chi connectivity index (χ1) is 9.27. The van der Waals surface area contributed by atoms with E-state index in [4.69, 9.17) is 9.47 Å². The van der Waals surface area contributed by atoms with E-state index in [1.54, 1.807) is 0 Å². The van der Waals surface area contributed by atoms with Gasteiger partial charge in [0.15, 0.2) is 0 Å². The molecule has 0 fully saturated rings. The summed E-state index contributed by atoms with van der Waals surface area (Å²) in [7, 11) is 4.11. The Morgan fingerprint density at radius 2 is 2.16 bits per heavy atom. The van der Waals surface area contributed by atoms with Crippen LogP contribution in [0.25, 0.3) is 0 Å². The molecule has 0 radical (unpaired) electrons. The Morgan fingerprint density at radius 3 is 3.00 bits per heavy atom. The van der Waals surface area contributed by atoms with Crippen molar-refractivity contribution in [2.45, 2.75) is 12.6 Å². The number of nitrogens with one attached hydrogen (secondary N) is 1. The third kappa shape index (κ3) is 4.58. The van der Waals surface area contributed by atoms with Crippen molar-refractivity contribution in [1.29, 1.82) is 0 Å². The highest BCUT2D eigenvalue weighted by molar-refractivity contribution is 5.30. The second kappa shape index (κ2) is 7.60. The molecule has 0 bridgehead atoms. The summed E-state index contributed by atoms with van der Waals surface area (Å²) in [6.07, 6.45) is 0. The summed E-state index contributed by atoms with van der Waals surface area (Å²) < 4.78 is 11.2. The van der Waals surface area contributed by atoms with Crippen LogP contribution in [0, 0.1) is 0 Å². The van der Waals surface area contributed by atoms with Crippen molar-refractivity contribution >= 4 is 0 Å². The molecule has 1 unspecified atom stereocenters. The molecule has 1 aromatic carbocycles. The molecular weight excluding hydrogens is 240 g/mol. The minimum Gasteiger partial charge on any atom is -0.379 e. The number of likely N-dealkylation sites (N-methyl/N-ethyl adjacent to an activating group) is 1. The third-order valence-corrected chi connectivity index (χ3v) is 3.29. The predicted octanol–water partition coefficient (Wildman–Crippen LogP) is 1.43. The molecule has 2 rings (SSSR count). The van der Waals surface area contributed by atoms with E-state index in [-0.39, 0.29) is 0 Å². The lowest BCUT2D eigenvalue weighted by Crippen LogP contribution is -2.32. The Morgan fingerprint density at radius 1 is 1.32 bits per heavy atom. The largest absolute Gasteiger partial charge is 0.379 e. The summed E-state index contributed by atoms with van der Waals surface area (Å²) in [5.41, 5.74) is 2.65. The van der Waals surface area contributed by atoms with E-state index in [0.29, 0.717) is 6.04 Å². The Labute approximate surface area is 115 Å². The van der Waals surface area contributed by atoms with Gasteiger partial charge in [-0.1, -0.05) is 24.3 Å². The van der Waals surface area contributed by atoms with E-state index < -0.39 is 0 Å². The zero-order chi connectivity index (χ0) is 13.5. The topological polar surface area (TPSA) is 33.7 Å².